The topological polar surface area (TPSA) is 66.5 Å². The first-order chi connectivity index (χ1) is 15.8. The number of rotatable bonds is 10. The number of hydrogen-bond acceptors (Lipinski definition) is 4. The SMILES string of the molecule is O=C(CN(c1cccc(Cl)c1Cl)S(=O)(=O)c1ccccc1)NCCSCc1cccc(Cl)c1. The van der Waals surface area contributed by atoms with Crippen LogP contribution in [0.1, 0.15) is 5.56 Å². The van der Waals surface area contributed by atoms with Crippen LogP contribution in [0.4, 0.5) is 5.69 Å². The largest absolute Gasteiger partial charge is 0.354 e. The zero-order valence-corrected chi connectivity index (χ0v) is 21.3. The second kappa shape index (κ2) is 12.0. The molecular weight excluding hydrogens is 523 g/mol. The van der Waals surface area contributed by atoms with Crippen LogP contribution in [0.5, 0.6) is 0 Å². The highest BCUT2D eigenvalue weighted by Gasteiger charge is 2.29. The minimum Gasteiger partial charge on any atom is -0.354 e. The van der Waals surface area contributed by atoms with Crippen molar-refractivity contribution in [1.82, 2.24) is 5.32 Å². The van der Waals surface area contributed by atoms with Crippen molar-refractivity contribution in [2.24, 2.45) is 0 Å². The highest BCUT2D eigenvalue weighted by Crippen LogP contribution is 2.35. The minimum atomic E-state index is -4.05. The van der Waals surface area contributed by atoms with Gasteiger partial charge in [-0.1, -0.05) is 71.2 Å². The molecule has 0 fully saturated rings. The Labute approximate surface area is 213 Å². The van der Waals surface area contributed by atoms with Gasteiger partial charge in [0.2, 0.25) is 5.91 Å². The second-order valence-electron chi connectivity index (χ2n) is 6.93. The van der Waals surface area contributed by atoms with E-state index in [0.29, 0.717) is 17.3 Å². The molecule has 0 unspecified atom stereocenters. The van der Waals surface area contributed by atoms with E-state index in [1.54, 1.807) is 42.1 Å². The number of nitrogens with zero attached hydrogens (tertiary/aromatic N) is 1. The van der Waals surface area contributed by atoms with Crippen LogP contribution in [-0.4, -0.2) is 33.2 Å². The summed E-state index contributed by atoms with van der Waals surface area (Å²) in [5.74, 6) is 0.957. The van der Waals surface area contributed by atoms with Crippen LogP contribution >= 0.6 is 46.6 Å². The lowest BCUT2D eigenvalue weighted by Gasteiger charge is -2.25. The van der Waals surface area contributed by atoms with Crippen molar-refractivity contribution in [2.45, 2.75) is 10.6 Å². The average molecular weight is 544 g/mol. The van der Waals surface area contributed by atoms with Gasteiger partial charge in [0.05, 0.1) is 20.6 Å². The predicted octanol–water partition coefficient (Wildman–Crippen LogP) is 5.89. The summed E-state index contributed by atoms with van der Waals surface area (Å²) >= 11 is 20.0. The van der Waals surface area contributed by atoms with Crippen LogP contribution in [0, 0.1) is 0 Å². The Morgan fingerprint density at radius 1 is 0.939 bits per heavy atom. The molecule has 0 heterocycles. The predicted molar refractivity (Wildman–Crippen MR) is 138 cm³/mol. The van der Waals surface area contributed by atoms with Crippen LogP contribution in [0.15, 0.2) is 77.7 Å². The van der Waals surface area contributed by atoms with Crippen LogP contribution in [0.2, 0.25) is 15.1 Å². The number of amides is 1. The zero-order chi connectivity index (χ0) is 23.8. The first-order valence-corrected chi connectivity index (χ1v) is 13.6. The maximum Gasteiger partial charge on any atom is 0.264 e. The maximum atomic E-state index is 13.3. The smallest absolute Gasteiger partial charge is 0.264 e. The highest BCUT2D eigenvalue weighted by molar-refractivity contribution is 7.98. The lowest BCUT2D eigenvalue weighted by molar-refractivity contribution is -0.119. The number of benzene rings is 3. The summed E-state index contributed by atoms with van der Waals surface area (Å²) in [6.07, 6.45) is 0. The number of nitrogens with one attached hydrogen (secondary N) is 1. The number of sulfonamides is 1. The molecule has 3 aromatic rings. The summed E-state index contributed by atoms with van der Waals surface area (Å²) in [5, 5.41) is 3.70. The molecule has 0 aromatic heterocycles. The van der Waals surface area contributed by atoms with Crippen LogP contribution in [0.3, 0.4) is 0 Å². The first-order valence-electron chi connectivity index (χ1n) is 9.90. The Hall–Kier alpha value is -1.90. The highest BCUT2D eigenvalue weighted by atomic mass is 35.5. The third kappa shape index (κ3) is 7.04. The molecule has 0 aliphatic rings. The molecule has 10 heteroatoms. The van der Waals surface area contributed by atoms with Gasteiger partial charge in [0.15, 0.2) is 0 Å². The Morgan fingerprint density at radius 2 is 1.67 bits per heavy atom. The molecule has 0 saturated heterocycles. The third-order valence-corrected chi connectivity index (χ3v) is 8.39. The first kappa shape index (κ1) is 25.7. The van der Waals surface area contributed by atoms with Crippen molar-refractivity contribution < 1.29 is 13.2 Å². The molecule has 1 N–H and O–H groups in total. The van der Waals surface area contributed by atoms with Crippen molar-refractivity contribution >= 4 is 68.2 Å². The van der Waals surface area contributed by atoms with E-state index < -0.39 is 22.5 Å². The van der Waals surface area contributed by atoms with Gasteiger partial charge in [-0.05, 0) is 42.0 Å². The summed E-state index contributed by atoms with van der Waals surface area (Å²) in [4.78, 5) is 12.7. The third-order valence-electron chi connectivity index (χ3n) is 4.54. The van der Waals surface area contributed by atoms with E-state index in [1.807, 2.05) is 24.3 Å². The lowest BCUT2D eigenvalue weighted by atomic mass is 10.2. The quantitative estimate of drug-likeness (QED) is 0.324. The van der Waals surface area contributed by atoms with Gasteiger partial charge >= 0.3 is 0 Å². The van der Waals surface area contributed by atoms with Crippen molar-refractivity contribution in [2.75, 3.05) is 23.1 Å². The normalized spacial score (nSPS) is 11.2. The Bertz CT molecular complexity index is 1210. The van der Waals surface area contributed by atoms with Crippen LogP contribution < -0.4 is 9.62 Å². The van der Waals surface area contributed by atoms with E-state index in [-0.39, 0.29) is 20.6 Å². The fraction of sp³-hybridized carbons (Fsp3) is 0.174. The molecule has 174 valence electrons. The van der Waals surface area contributed by atoms with Crippen molar-refractivity contribution in [1.29, 1.82) is 0 Å². The molecule has 3 aromatic carbocycles. The zero-order valence-electron chi connectivity index (χ0n) is 17.4. The van der Waals surface area contributed by atoms with E-state index in [4.69, 9.17) is 34.8 Å². The fourth-order valence-electron chi connectivity index (χ4n) is 2.97. The summed E-state index contributed by atoms with van der Waals surface area (Å²) in [6.45, 7) is -0.0528. The van der Waals surface area contributed by atoms with Gasteiger partial charge in [-0.3, -0.25) is 9.10 Å². The van der Waals surface area contributed by atoms with Crippen LogP contribution in [0.25, 0.3) is 0 Å². The molecule has 1 amide bonds. The van der Waals surface area contributed by atoms with Gasteiger partial charge in [0, 0.05) is 23.1 Å². The molecule has 5 nitrogen and oxygen atoms in total. The van der Waals surface area contributed by atoms with Crippen molar-refractivity contribution in [3.05, 3.63) is 93.4 Å². The van der Waals surface area contributed by atoms with E-state index in [1.165, 1.54) is 18.2 Å². The van der Waals surface area contributed by atoms with E-state index in [9.17, 15) is 13.2 Å². The molecule has 3 rings (SSSR count). The Balaban J connectivity index is 1.67. The molecule has 33 heavy (non-hydrogen) atoms. The summed E-state index contributed by atoms with van der Waals surface area (Å²) < 4.78 is 27.6. The fourth-order valence-corrected chi connectivity index (χ4v) is 5.89. The van der Waals surface area contributed by atoms with Gasteiger partial charge in [0.25, 0.3) is 10.0 Å². The second-order valence-corrected chi connectivity index (χ2v) is 11.1. The lowest BCUT2D eigenvalue weighted by Crippen LogP contribution is -2.41. The summed E-state index contributed by atoms with van der Waals surface area (Å²) in [5.41, 5.74) is 1.23. The van der Waals surface area contributed by atoms with Crippen LogP contribution in [-0.2, 0) is 20.6 Å². The Kier molecular flexibility index (Phi) is 9.35. The number of carbonyl (C=O) groups excluding carboxylic acids is 1. The van der Waals surface area contributed by atoms with Crippen molar-refractivity contribution in [3.8, 4) is 0 Å². The molecule has 0 bridgehead atoms. The number of carbonyl (C=O) groups is 1. The minimum absolute atomic E-state index is 0.0471. The molecule has 0 atom stereocenters. The molecule has 0 saturated carbocycles. The molecule has 0 aliphatic heterocycles. The number of anilines is 1. The van der Waals surface area contributed by atoms with E-state index >= 15 is 0 Å². The average Bonchev–Trinajstić information content (AvgIpc) is 2.80. The van der Waals surface area contributed by atoms with Gasteiger partial charge in [-0.15, -0.1) is 0 Å². The number of thioether (sulfide) groups is 1. The molecule has 0 aliphatic carbocycles. The van der Waals surface area contributed by atoms with Gasteiger partial charge < -0.3 is 5.32 Å². The molecular formula is C23H21Cl3N2O3S2. The maximum absolute atomic E-state index is 13.3. The Morgan fingerprint density at radius 3 is 2.39 bits per heavy atom. The standard InChI is InChI=1S/C23H21Cl3N2O3S2/c24-18-7-4-6-17(14-18)16-32-13-12-27-22(29)15-28(21-11-5-10-20(25)23(21)26)33(30,31)19-8-2-1-3-9-19/h1-11,14H,12-13,15-16H2,(H,27,29). The van der Waals surface area contributed by atoms with Crippen molar-refractivity contribution in [3.63, 3.8) is 0 Å². The van der Waals surface area contributed by atoms with Gasteiger partial charge in [-0.25, -0.2) is 8.42 Å². The number of hydrogen-bond donors (Lipinski definition) is 1. The van der Waals surface area contributed by atoms with Gasteiger partial charge in [0.1, 0.15) is 6.54 Å². The van der Waals surface area contributed by atoms with Gasteiger partial charge in [-0.2, -0.15) is 11.8 Å². The number of halogens is 3. The molecule has 0 spiro atoms. The monoisotopic (exact) mass is 542 g/mol. The summed E-state index contributed by atoms with van der Waals surface area (Å²) in [6, 6.07) is 20.1. The van der Waals surface area contributed by atoms with E-state index in [2.05, 4.69) is 5.32 Å². The summed E-state index contributed by atoms with van der Waals surface area (Å²) in [7, 11) is -4.05. The van der Waals surface area contributed by atoms with E-state index in [0.717, 1.165) is 15.6 Å². The molecule has 0 radical (unpaired) electrons.